The molecule has 1 rings (SSSR count). The molecule has 1 unspecified atom stereocenters. The van der Waals surface area contributed by atoms with Gasteiger partial charge >= 0.3 is 0 Å². The van der Waals surface area contributed by atoms with Gasteiger partial charge in [0.25, 0.3) is 0 Å². The van der Waals surface area contributed by atoms with Crippen molar-refractivity contribution in [3.05, 3.63) is 23.8 Å². The summed E-state index contributed by atoms with van der Waals surface area (Å²) in [7, 11) is 0. The maximum Gasteiger partial charge on any atom is 0.0786 e. The lowest BCUT2D eigenvalue weighted by Crippen LogP contribution is -2.06. The Hall–Kier alpha value is -0.560. The van der Waals surface area contributed by atoms with Crippen LogP contribution >= 0.6 is 0 Å². The monoisotopic (exact) mass is 138 g/mol. The summed E-state index contributed by atoms with van der Waals surface area (Å²) in [5, 5.41) is 9.43. The van der Waals surface area contributed by atoms with Crippen molar-refractivity contribution >= 4 is 0 Å². The molecule has 1 aliphatic rings. The first kappa shape index (κ1) is 7.55. The second-order valence-corrected chi connectivity index (χ2v) is 2.65. The van der Waals surface area contributed by atoms with Gasteiger partial charge in [0.15, 0.2) is 0 Å². The highest BCUT2D eigenvalue weighted by molar-refractivity contribution is 5.29. The molecule has 0 aromatic heterocycles. The number of allylic oxidation sites excluding steroid dienone is 2. The lowest BCUT2D eigenvalue weighted by atomic mass is 10.1. The van der Waals surface area contributed by atoms with Crippen molar-refractivity contribution in [2.24, 2.45) is 0 Å². The van der Waals surface area contributed by atoms with Gasteiger partial charge in [-0.15, -0.1) is 0 Å². The average Bonchev–Trinajstić information content (AvgIpc) is 2.38. The summed E-state index contributed by atoms with van der Waals surface area (Å²) in [6.45, 7) is 2.09. The summed E-state index contributed by atoms with van der Waals surface area (Å²) in [5.41, 5.74) is 1.10. The van der Waals surface area contributed by atoms with E-state index in [0.29, 0.717) is 0 Å². The molecule has 10 heavy (non-hydrogen) atoms. The first-order chi connectivity index (χ1) is 4.84. The van der Waals surface area contributed by atoms with Crippen LogP contribution in [0.25, 0.3) is 0 Å². The largest absolute Gasteiger partial charge is 0.388 e. The highest BCUT2D eigenvalue weighted by Crippen LogP contribution is 2.15. The van der Waals surface area contributed by atoms with Crippen LogP contribution in [0.3, 0.4) is 0 Å². The number of aliphatic hydroxyl groups is 1. The third-order valence-corrected chi connectivity index (χ3v) is 1.75. The third kappa shape index (κ3) is 1.71. The summed E-state index contributed by atoms with van der Waals surface area (Å²) in [5.74, 6) is 0. The molecule has 0 bridgehead atoms. The number of rotatable bonds is 3. The SMILES string of the molecule is CCCC(O)C1=CCC=C1. The fourth-order valence-electron chi connectivity index (χ4n) is 1.16. The molecular weight excluding hydrogens is 124 g/mol. The minimum atomic E-state index is -0.219. The fourth-order valence-corrected chi connectivity index (χ4v) is 1.16. The molecule has 0 saturated carbocycles. The van der Waals surface area contributed by atoms with E-state index in [9.17, 15) is 5.11 Å². The van der Waals surface area contributed by atoms with Crippen LogP contribution in [0.2, 0.25) is 0 Å². The second-order valence-electron chi connectivity index (χ2n) is 2.65. The quantitative estimate of drug-likeness (QED) is 0.632. The van der Waals surface area contributed by atoms with Crippen LogP contribution in [-0.4, -0.2) is 11.2 Å². The molecule has 1 heteroatoms. The van der Waals surface area contributed by atoms with E-state index >= 15 is 0 Å². The van der Waals surface area contributed by atoms with Crippen LogP contribution in [0.15, 0.2) is 23.8 Å². The Bertz CT molecular complexity index is 156. The number of aliphatic hydroxyl groups excluding tert-OH is 1. The highest BCUT2D eigenvalue weighted by Gasteiger charge is 2.07. The molecule has 0 amide bonds. The molecule has 1 aliphatic carbocycles. The molecule has 0 radical (unpaired) electrons. The first-order valence-corrected chi connectivity index (χ1v) is 3.89. The van der Waals surface area contributed by atoms with Gasteiger partial charge in [0.2, 0.25) is 0 Å². The predicted octanol–water partition coefficient (Wildman–Crippen LogP) is 2.03. The summed E-state index contributed by atoms with van der Waals surface area (Å²) in [4.78, 5) is 0. The van der Waals surface area contributed by atoms with Gasteiger partial charge in [0, 0.05) is 0 Å². The van der Waals surface area contributed by atoms with Gasteiger partial charge < -0.3 is 5.11 Å². The molecule has 0 saturated heterocycles. The number of hydrogen-bond acceptors (Lipinski definition) is 1. The van der Waals surface area contributed by atoms with Crippen LogP contribution < -0.4 is 0 Å². The summed E-state index contributed by atoms with van der Waals surface area (Å²) >= 11 is 0. The smallest absolute Gasteiger partial charge is 0.0786 e. The van der Waals surface area contributed by atoms with Gasteiger partial charge in [-0.05, 0) is 18.4 Å². The van der Waals surface area contributed by atoms with Crippen LogP contribution in [-0.2, 0) is 0 Å². The molecule has 0 aromatic rings. The van der Waals surface area contributed by atoms with Crippen molar-refractivity contribution in [2.45, 2.75) is 32.3 Å². The van der Waals surface area contributed by atoms with Crippen LogP contribution in [0.4, 0.5) is 0 Å². The zero-order valence-electron chi connectivity index (χ0n) is 6.38. The van der Waals surface area contributed by atoms with E-state index < -0.39 is 0 Å². The Morgan fingerprint density at radius 2 is 2.50 bits per heavy atom. The lowest BCUT2D eigenvalue weighted by molar-refractivity contribution is 0.203. The van der Waals surface area contributed by atoms with E-state index in [1.807, 2.05) is 6.08 Å². The van der Waals surface area contributed by atoms with Crippen LogP contribution in [0.5, 0.6) is 0 Å². The molecule has 0 heterocycles. The van der Waals surface area contributed by atoms with Gasteiger partial charge in [-0.3, -0.25) is 0 Å². The van der Waals surface area contributed by atoms with Crippen LogP contribution in [0.1, 0.15) is 26.2 Å². The Morgan fingerprint density at radius 1 is 1.70 bits per heavy atom. The van der Waals surface area contributed by atoms with E-state index in [1.165, 1.54) is 0 Å². The van der Waals surface area contributed by atoms with Crippen molar-refractivity contribution < 1.29 is 5.11 Å². The van der Waals surface area contributed by atoms with Gasteiger partial charge in [0.1, 0.15) is 0 Å². The van der Waals surface area contributed by atoms with Crippen LogP contribution in [0, 0.1) is 0 Å². The van der Waals surface area contributed by atoms with E-state index in [0.717, 1.165) is 24.8 Å². The third-order valence-electron chi connectivity index (χ3n) is 1.75. The van der Waals surface area contributed by atoms with Crippen molar-refractivity contribution in [3.8, 4) is 0 Å². The van der Waals surface area contributed by atoms with Crippen molar-refractivity contribution in [2.75, 3.05) is 0 Å². The normalized spacial score (nSPS) is 19.2. The molecule has 1 N–H and O–H groups in total. The van der Waals surface area contributed by atoms with E-state index in [4.69, 9.17) is 0 Å². The standard InChI is InChI=1S/C9H14O/c1-2-5-9(10)8-6-3-4-7-8/h3,6-7,9-10H,2,4-5H2,1H3. The average molecular weight is 138 g/mol. The van der Waals surface area contributed by atoms with Gasteiger partial charge in [-0.1, -0.05) is 31.6 Å². The van der Waals surface area contributed by atoms with Gasteiger partial charge in [0.05, 0.1) is 6.10 Å². The summed E-state index contributed by atoms with van der Waals surface area (Å²) < 4.78 is 0. The second kappa shape index (κ2) is 3.57. The Balaban J connectivity index is 2.40. The number of hydrogen-bond donors (Lipinski definition) is 1. The molecule has 1 nitrogen and oxygen atoms in total. The first-order valence-electron chi connectivity index (χ1n) is 3.89. The van der Waals surface area contributed by atoms with Gasteiger partial charge in [-0.25, -0.2) is 0 Å². The van der Waals surface area contributed by atoms with Crippen molar-refractivity contribution in [1.29, 1.82) is 0 Å². The van der Waals surface area contributed by atoms with E-state index in [2.05, 4.69) is 19.1 Å². The Kier molecular flexibility index (Phi) is 2.69. The lowest BCUT2D eigenvalue weighted by Gasteiger charge is -2.07. The summed E-state index contributed by atoms with van der Waals surface area (Å²) in [6, 6.07) is 0. The Labute approximate surface area is 62.1 Å². The van der Waals surface area contributed by atoms with E-state index in [-0.39, 0.29) is 6.10 Å². The molecule has 0 aliphatic heterocycles. The Morgan fingerprint density at radius 3 is 3.00 bits per heavy atom. The highest BCUT2D eigenvalue weighted by atomic mass is 16.3. The molecular formula is C9H14O. The topological polar surface area (TPSA) is 20.2 Å². The molecule has 0 spiro atoms. The minimum Gasteiger partial charge on any atom is -0.388 e. The summed E-state index contributed by atoms with van der Waals surface area (Å²) in [6.07, 6.45) is 8.89. The van der Waals surface area contributed by atoms with E-state index in [1.54, 1.807) is 0 Å². The fraction of sp³-hybridized carbons (Fsp3) is 0.556. The zero-order valence-corrected chi connectivity index (χ0v) is 6.38. The molecule has 1 atom stereocenters. The van der Waals surface area contributed by atoms with Gasteiger partial charge in [-0.2, -0.15) is 0 Å². The molecule has 56 valence electrons. The maximum absolute atomic E-state index is 9.43. The molecule has 0 fully saturated rings. The van der Waals surface area contributed by atoms with Crippen molar-refractivity contribution in [3.63, 3.8) is 0 Å². The predicted molar refractivity (Wildman–Crippen MR) is 42.8 cm³/mol. The van der Waals surface area contributed by atoms with Crippen molar-refractivity contribution in [1.82, 2.24) is 0 Å². The zero-order chi connectivity index (χ0) is 7.40. The molecule has 0 aromatic carbocycles. The maximum atomic E-state index is 9.43. The minimum absolute atomic E-state index is 0.219.